The Kier molecular flexibility index (Phi) is 4.06. The Morgan fingerprint density at radius 1 is 1.25 bits per heavy atom. The van der Waals surface area contributed by atoms with E-state index in [-0.39, 0.29) is 6.04 Å². The van der Waals surface area contributed by atoms with Gasteiger partial charge in [-0.15, -0.1) is 0 Å². The number of nitrogens with one attached hydrogen (secondary N) is 1. The highest BCUT2D eigenvalue weighted by Crippen LogP contribution is 2.25. The van der Waals surface area contributed by atoms with Gasteiger partial charge in [0, 0.05) is 19.1 Å². The number of carbonyl (C=O) groups excluding carboxylic acids is 1. The highest BCUT2D eigenvalue weighted by Gasteiger charge is 2.32. The molecular weight excluding hydrogens is 248 g/mol. The summed E-state index contributed by atoms with van der Waals surface area (Å²) in [6.45, 7) is 3.76. The maximum absolute atomic E-state index is 12.8. The summed E-state index contributed by atoms with van der Waals surface area (Å²) >= 11 is 0. The van der Waals surface area contributed by atoms with Gasteiger partial charge in [0.2, 0.25) is 5.91 Å². The first-order valence-corrected chi connectivity index (χ1v) is 7.90. The predicted octanol–water partition coefficient (Wildman–Crippen LogP) is 2.49. The molecule has 3 nitrogen and oxygen atoms in total. The quantitative estimate of drug-likeness (QED) is 0.917. The van der Waals surface area contributed by atoms with E-state index in [0.29, 0.717) is 11.9 Å². The number of benzene rings is 1. The van der Waals surface area contributed by atoms with Crippen molar-refractivity contribution in [2.45, 2.75) is 57.7 Å². The number of hydrogen-bond donors (Lipinski definition) is 1. The second-order valence-corrected chi connectivity index (χ2v) is 5.97. The fourth-order valence-corrected chi connectivity index (χ4v) is 3.64. The minimum Gasteiger partial charge on any atom is -0.339 e. The summed E-state index contributed by atoms with van der Waals surface area (Å²) in [4.78, 5) is 14.9. The average molecular weight is 272 g/mol. The molecule has 0 aromatic heterocycles. The van der Waals surface area contributed by atoms with E-state index >= 15 is 0 Å². The Morgan fingerprint density at radius 2 is 1.95 bits per heavy atom. The standard InChI is InChI=1S/C17H24N2O/c1-2-19(15-9-5-6-10-15)17(20)16-11-13-7-3-4-8-14(13)12-18-16/h3-4,7-8,15-16,18H,2,5-6,9-12H2,1H3. The van der Waals surface area contributed by atoms with Crippen molar-refractivity contribution in [1.29, 1.82) is 0 Å². The van der Waals surface area contributed by atoms with Crippen LogP contribution in [-0.2, 0) is 17.8 Å². The molecule has 1 aromatic rings. The molecule has 1 aromatic carbocycles. The smallest absolute Gasteiger partial charge is 0.240 e. The van der Waals surface area contributed by atoms with Gasteiger partial charge in [0.15, 0.2) is 0 Å². The van der Waals surface area contributed by atoms with Crippen molar-refractivity contribution in [1.82, 2.24) is 10.2 Å². The van der Waals surface area contributed by atoms with Gasteiger partial charge in [-0.2, -0.15) is 0 Å². The first-order valence-electron chi connectivity index (χ1n) is 7.90. The Labute approximate surface area is 121 Å². The highest BCUT2D eigenvalue weighted by molar-refractivity contribution is 5.83. The topological polar surface area (TPSA) is 32.3 Å². The molecule has 1 aliphatic heterocycles. The van der Waals surface area contributed by atoms with Crippen molar-refractivity contribution in [2.24, 2.45) is 0 Å². The van der Waals surface area contributed by atoms with Crippen LogP contribution in [0.2, 0.25) is 0 Å². The van der Waals surface area contributed by atoms with E-state index in [9.17, 15) is 4.79 Å². The molecule has 1 amide bonds. The van der Waals surface area contributed by atoms with E-state index in [1.165, 1.54) is 36.8 Å². The number of carbonyl (C=O) groups is 1. The van der Waals surface area contributed by atoms with Gasteiger partial charge in [0.1, 0.15) is 0 Å². The summed E-state index contributed by atoms with van der Waals surface area (Å²) in [5.74, 6) is 0.300. The minimum atomic E-state index is -0.0366. The molecule has 1 saturated carbocycles. The molecule has 0 radical (unpaired) electrons. The van der Waals surface area contributed by atoms with Crippen LogP contribution in [-0.4, -0.2) is 29.4 Å². The van der Waals surface area contributed by atoms with Crippen molar-refractivity contribution in [2.75, 3.05) is 6.54 Å². The SMILES string of the molecule is CCN(C(=O)C1Cc2ccccc2CN1)C1CCCC1. The molecular formula is C17H24N2O. The summed E-state index contributed by atoms with van der Waals surface area (Å²) in [6, 6.07) is 8.89. The zero-order chi connectivity index (χ0) is 13.9. The molecule has 3 rings (SSSR count). The molecule has 1 fully saturated rings. The third-order valence-electron chi connectivity index (χ3n) is 4.77. The zero-order valence-corrected chi connectivity index (χ0v) is 12.3. The lowest BCUT2D eigenvalue weighted by molar-refractivity contribution is -0.135. The summed E-state index contributed by atoms with van der Waals surface area (Å²) < 4.78 is 0. The van der Waals surface area contributed by atoms with Crippen LogP contribution in [0.3, 0.4) is 0 Å². The molecule has 108 valence electrons. The van der Waals surface area contributed by atoms with E-state index < -0.39 is 0 Å². The lowest BCUT2D eigenvalue weighted by atomic mass is 9.95. The number of hydrogen-bond acceptors (Lipinski definition) is 2. The van der Waals surface area contributed by atoms with Gasteiger partial charge in [-0.3, -0.25) is 4.79 Å². The van der Waals surface area contributed by atoms with Crippen molar-refractivity contribution in [3.63, 3.8) is 0 Å². The number of amides is 1. The third kappa shape index (κ3) is 2.59. The first kappa shape index (κ1) is 13.6. The van der Waals surface area contributed by atoms with Gasteiger partial charge in [-0.1, -0.05) is 37.1 Å². The predicted molar refractivity (Wildman–Crippen MR) is 80.4 cm³/mol. The van der Waals surface area contributed by atoms with Gasteiger partial charge in [-0.25, -0.2) is 0 Å². The largest absolute Gasteiger partial charge is 0.339 e. The highest BCUT2D eigenvalue weighted by atomic mass is 16.2. The maximum atomic E-state index is 12.8. The third-order valence-corrected chi connectivity index (χ3v) is 4.77. The maximum Gasteiger partial charge on any atom is 0.240 e. The first-order chi connectivity index (χ1) is 9.79. The average Bonchev–Trinajstić information content (AvgIpc) is 3.01. The van der Waals surface area contributed by atoms with Crippen LogP contribution in [0.5, 0.6) is 0 Å². The van der Waals surface area contributed by atoms with Crippen LogP contribution < -0.4 is 5.32 Å². The van der Waals surface area contributed by atoms with E-state index in [1.54, 1.807) is 0 Å². The molecule has 3 heteroatoms. The van der Waals surface area contributed by atoms with Crippen LogP contribution >= 0.6 is 0 Å². The fraction of sp³-hybridized carbons (Fsp3) is 0.588. The van der Waals surface area contributed by atoms with Crippen LogP contribution in [0.25, 0.3) is 0 Å². The lowest BCUT2D eigenvalue weighted by Crippen LogP contribution is -2.52. The molecule has 2 aliphatic rings. The molecule has 1 N–H and O–H groups in total. The molecule has 1 heterocycles. The normalized spacial score (nSPS) is 22.6. The second-order valence-electron chi connectivity index (χ2n) is 5.97. The molecule has 1 unspecified atom stereocenters. The van der Waals surface area contributed by atoms with Crippen molar-refractivity contribution >= 4 is 5.91 Å². The number of fused-ring (bicyclic) bond motifs is 1. The number of rotatable bonds is 3. The van der Waals surface area contributed by atoms with Crippen LogP contribution in [0.15, 0.2) is 24.3 Å². The Morgan fingerprint density at radius 3 is 2.65 bits per heavy atom. The fourth-order valence-electron chi connectivity index (χ4n) is 3.64. The van der Waals surface area contributed by atoms with Crippen molar-refractivity contribution < 1.29 is 4.79 Å². The lowest BCUT2D eigenvalue weighted by Gasteiger charge is -2.34. The van der Waals surface area contributed by atoms with E-state index in [4.69, 9.17) is 0 Å². The summed E-state index contributed by atoms with van der Waals surface area (Å²) in [5.41, 5.74) is 2.66. The number of nitrogens with zero attached hydrogens (tertiary/aromatic N) is 1. The van der Waals surface area contributed by atoms with Gasteiger partial charge >= 0.3 is 0 Å². The molecule has 0 saturated heterocycles. The van der Waals surface area contributed by atoms with Crippen molar-refractivity contribution in [3.05, 3.63) is 35.4 Å². The van der Waals surface area contributed by atoms with Crippen molar-refractivity contribution in [3.8, 4) is 0 Å². The molecule has 0 spiro atoms. The molecule has 1 aliphatic carbocycles. The van der Waals surface area contributed by atoms with Crippen LogP contribution in [0.1, 0.15) is 43.7 Å². The monoisotopic (exact) mass is 272 g/mol. The summed E-state index contributed by atoms with van der Waals surface area (Å²) in [5, 5.41) is 3.42. The van der Waals surface area contributed by atoms with Crippen LogP contribution in [0, 0.1) is 0 Å². The minimum absolute atomic E-state index is 0.0366. The Balaban J connectivity index is 1.71. The molecule has 1 atom stereocenters. The van der Waals surface area contributed by atoms with Gasteiger partial charge in [-0.05, 0) is 37.3 Å². The molecule has 0 bridgehead atoms. The van der Waals surface area contributed by atoms with E-state index in [2.05, 4.69) is 41.4 Å². The van der Waals surface area contributed by atoms with E-state index in [1.807, 2.05) is 0 Å². The van der Waals surface area contributed by atoms with Gasteiger partial charge in [0.25, 0.3) is 0 Å². The Hall–Kier alpha value is -1.35. The van der Waals surface area contributed by atoms with Gasteiger partial charge < -0.3 is 10.2 Å². The zero-order valence-electron chi connectivity index (χ0n) is 12.3. The van der Waals surface area contributed by atoms with E-state index in [0.717, 1.165) is 19.5 Å². The second kappa shape index (κ2) is 5.96. The van der Waals surface area contributed by atoms with Gasteiger partial charge in [0.05, 0.1) is 6.04 Å². The van der Waals surface area contributed by atoms with Crippen LogP contribution in [0.4, 0.5) is 0 Å². The summed E-state index contributed by atoms with van der Waals surface area (Å²) in [6.07, 6.45) is 5.74. The Bertz CT molecular complexity index is 480. The number of likely N-dealkylation sites (N-methyl/N-ethyl adjacent to an activating group) is 1. The molecule has 20 heavy (non-hydrogen) atoms. The summed E-state index contributed by atoms with van der Waals surface area (Å²) in [7, 11) is 0.